The predicted molar refractivity (Wildman–Crippen MR) is 51.5 cm³/mol. The molecule has 0 fully saturated rings. The normalized spacial score (nSPS) is 2.00. The molecule has 0 saturated carbocycles. The third kappa shape index (κ3) is 354. The van der Waals surface area contributed by atoms with Crippen LogP contribution >= 0.6 is 37.1 Å². The molecule has 0 aliphatic rings. The van der Waals surface area contributed by atoms with Crippen molar-refractivity contribution in [3.8, 4) is 5.40 Å². The summed E-state index contributed by atoms with van der Waals surface area (Å²) in [6.07, 6.45) is 0. The topological polar surface area (TPSA) is 103 Å². The van der Waals surface area contributed by atoms with E-state index < -0.39 is 0 Å². The molecule has 0 radical (unpaired) electrons. The first-order valence-corrected chi connectivity index (χ1v) is 2.57. The molecule has 0 aromatic heterocycles. The van der Waals surface area contributed by atoms with Crippen LogP contribution in [0, 0.1) is 10.7 Å². The van der Waals surface area contributed by atoms with Crippen LogP contribution in [0.3, 0.4) is 0 Å². The van der Waals surface area contributed by atoms with Crippen molar-refractivity contribution >= 4 is 47.4 Å². The van der Waals surface area contributed by atoms with Crippen LogP contribution in [-0.2, 0) is 0 Å². The molecule has 0 bridgehead atoms. The second kappa shape index (κ2) is 74.5. The minimum absolute atomic E-state index is 0. The van der Waals surface area contributed by atoms with Crippen molar-refractivity contribution in [1.29, 1.82) is 5.26 Å². The van der Waals surface area contributed by atoms with Crippen LogP contribution < -0.4 is 87.1 Å². The molecular weight excluding hydrogens is 250 g/mol. The molecule has 9 heteroatoms. The van der Waals surface area contributed by atoms with Crippen molar-refractivity contribution in [1.82, 2.24) is 6.15 Å². The van der Waals surface area contributed by atoms with E-state index in [1.165, 1.54) is 15.7 Å². The first kappa shape index (κ1) is 36.9. The van der Waals surface area contributed by atoms with Crippen LogP contribution in [-0.4, -0.2) is 10.3 Å². The fraction of sp³-hybridized carbons (Fsp3) is 0. The number of nitrogens with zero attached hydrogens (tertiary/aromatic N) is 3. The number of nitriles is 1. The minimum Gasteiger partial charge on any atom is -0.753 e. The number of thiocyanates is 1. The average molecular weight is 254 g/mol. The monoisotopic (exact) mass is 254 g/mol. The van der Waals surface area contributed by atoms with Crippen LogP contribution in [0.2, 0.25) is 0 Å². The van der Waals surface area contributed by atoms with Crippen LogP contribution in [0.25, 0.3) is 10.8 Å². The molecule has 0 amide bonds. The summed E-state index contributed by atoms with van der Waals surface area (Å²) in [6.45, 7) is 0. The Labute approximate surface area is 153 Å². The summed E-state index contributed by atoms with van der Waals surface area (Å²) in [5.41, 5.74) is 0. The van der Waals surface area contributed by atoms with Crippen LogP contribution in [0.4, 0.5) is 0 Å². The van der Waals surface area contributed by atoms with Crippen molar-refractivity contribution in [2.24, 2.45) is 0 Å². The summed E-state index contributed by atoms with van der Waals surface area (Å²) in [5, 5.41) is 25.6. The van der Waals surface area contributed by atoms with E-state index in [0.29, 0.717) is 0 Å². The molecule has 0 aromatic rings. The van der Waals surface area contributed by atoms with E-state index in [9.17, 15) is 0 Å². The Morgan fingerprint density at radius 3 is 1.17 bits per heavy atom. The number of thiol groups is 1. The fourth-order valence-electron chi connectivity index (χ4n) is 0. The quantitative estimate of drug-likeness (QED) is 0.151. The van der Waals surface area contributed by atoms with Crippen LogP contribution in [0.15, 0.2) is 0 Å². The zero-order valence-corrected chi connectivity index (χ0v) is 14.5. The van der Waals surface area contributed by atoms with Gasteiger partial charge in [-0.1, -0.05) is 37.1 Å². The number of hydrogen-bond donors (Lipinski definition) is 2. The molecule has 0 aliphatic heterocycles. The Morgan fingerprint density at radius 1 is 1.17 bits per heavy atom. The molecule has 4 nitrogen and oxygen atoms in total. The SMILES string of the molecule is N.N#CS.[K+].[N-]=C=S.[N-]=C=S.[Na+]. The van der Waals surface area contributed by atoms with Gasteiger partial charge in [0.25, 0.3) is 0 Å². The molecule has 0 heterocycles. The first-order valence-electron chi connectivity index (χ1n) is 1.30. The van der Waals surface area contributed by atoms with E-state index in [-0.39, 0.29) is 87.1 Å². The van der Waals surface area contributed by atoms with E-state index >= 15 is 0 Å². The molecule has 0 spiro atoms. The van der Waals surface area contributed by atoms with Gasteiger partial charge in [0.15, 0.2) is 0 Å². The van der Waals surface area contributed by atoms with Crippen molar-refractivity contribution in [3.63, 3.8) is 0 Å². The number of isothiocyanates is 2. The van der Waals surface area contributed by atoms with Gasteiger partial charge in [-0.15, -0.1) is 0 Å². The average Bonchev–Trinajstić information content (AvgIpc) is 1.70. The summed E-state index contributed by atoms with van der Waals surface area (Å²) in [4.78, 5) is 0. The summed E-state index contributed by atoms with van der Waals surface area (Å²) in [7, 11) is 0. The Balaban J connectivity index is -0.00000001000. The molecule has 0 saturated heterocycles. The number of hydrogen-bond acceptors (Lipinski definition) is 5. The van der Waals surface area contributed by atoms with Gasteiger partial charge in [0.1, 0.15) is 5.40 Å². The third-order valence-corrected chi connectivity index (χ3v) is 0. The standard InChI is InChI=1S/CHNS.2CNS.K.H3N.Na/c3*2-1-3;;;/h3H;;;;1H3;/q;2*-1;+1;;+1. The van der Waals surface area contributed by atoms with Gasteiger partial charge in [-0.25, -0.2) is 0 Å². The maximum atomic E-state index is 7.18. The minimum atomic E-state index is 0. The molecule has 0 aliphatic carbocycles. The first-order chi connectivity index (χ1) is 4.24. The zero-order valence-electron chi connectivity index (χ0n) is 6.81. The Hall–Kier alpha value is 2.04. The van der Waals surface area contributed by atoms with Gasteiger partial charge in [0.2, 0.25) is 0 Å². The van der Waals surface area contributed by atoms with Gasteiger partial charge < -0.3 is 17.0 Å². The second-order valence-electron chi connectivity index (χ2n) is 0.283. The van der Waals surface area contributed by atoms with E-state index in [1.54, 1.807) is 0 Å². The Bertz CT molecular complexity index is 134. The summed E-state index contributed by atoms with van der Waals surface area (Å²) in [5.74, 6) is 0. The number of rotatable bonds is 0. The van der Waals surface area contributed by atoms with Gasteiger partial charge in [-0.3, -0.25) is 0 Å². The molecule has 0 rings (SSSR count). The van der Waals surface area contributed by atoms with Crippen molar-refractivity contribution < 1.29 is 80.9 Å². The van der Waals surface area contributed by atoms with Crippen LogP contribution in [0.5, 0.6) is 0 Å². The van der Waals surface area contributed by atoms with Gasteiger partial charge in [0.05, 0.1) is 0 Å². The summed E-state index contributed by atoms with van der Waals surface area (Å²) < 4.78 is 0. The van der Waals surface area contributed by atoms with Gasteiger partial charge in [0, 0.05) is 0 Å². The largest absolute Gasteiger partial charge is 1.00 e. The Morgan fingerprint density at radius 2 is 1.17 bits per heavy atom. The van der Waals surface area contributed by atoms with E-state index in [4.69, 9.17) is 16.1 Å². The molecule has 56 valence electrons. The number of thiocarbonyl (C=S) groups is 2. The molecule has 0 aromatic carbocycles. The summed E-state index contributed by atoms with van der Waals surface area (Å²) >= 11 is 10.5. The van der Waals surface area contributed by atoms with E-state index in [2.05, 4.69) is 37.1 Å². The second-order valence-corrected chi connectivity index (χ2v) is 0.848. The molecule has 0 unspecified atom stereocenters. The maximum absolute atomic E-state index is 7.18. The molecule has 12 heavy (non-hydrogen) atoms. The molecular formula is C3H4KN4NaS3. The van der Waals surface area contributed by atoms with Gasteiger partial charge >= 0.3 is 80.9 Å². The molecule has 3 N–H and O–H groups in total. The van der Waals surface area contributed by atoms with Gasteiger partial charge in [-0.05, 0) is 0 Å². The van der Waals surface area contributed by atoms with E-state index in [0.717, 1.165) is 0 Å². The van der Waals surface area contributed by atoms with Crippen molar-refractivity contribution in [3.05, 3.63) is 10.8 Å². The van der Waals surface area contributed by atoms with Crippen molar-refractivity contribution in [2.75, 3.05) is 0 Å². The van der Waals surface area contributed by atoms with Gasteiger partial charge in [-0.2, -0.15) is 15.6 Å². The maximum Gasteiger partial charge on any atom is 1.00 e. The predicted octanol–water partition coefficient (Wildman–Crippen LogP) is -4.12. The zero-order chi connectivity index (χ0) is 8.12. The molecule has 0 atom stereocenters. The smallest absolute Gasteiger partial charge is 0.753 e. The fourth-order valence-corrected chi connectivity index (χ4v) is 0. The Kier molecular flexibility index (Phi) is 229. The van der Waals surface area contributed by atoms with Crippen molar-refractivity contribution in [2.45, 2.75) is 0 Å². The third-order valence-electron chi connectivity index (χ3n) is 0. The van der Waals surface area contributed by atoms with Crippen LogP contribution in [0.1, 0.15) is 0 Å². The van der Waals surface area contributed by atoms with E-state index in [1.807, 2.05) is 0 Å². The summed E-state index contributed by atoms with van der Waals surface area (Å²) in [6, 6.07) is 0.